The number of benzene rings is 1. The van der Waals surface area contributed by atoms with Crippen molar-refractivity contribution in [3.05, 3.63) is 36.0 Å². The zero-order chi connectivity index (χ0) is 8.67. The molecule has 2 heterocycles. The van der Waals surface area contributed by atoms with Crippen LogP contribution in [0.1, 0.15) is 5.56 Å². The van der Waals surface area contributed by atoms with Crippen LogP contribution in [-0.4, -0.2) is 17.6 Å². The number of aromatic amines is 1. The van der Waals surface area contributed by atoms with Gasteiger partial charge in [0.25, 0.3) is 0 Å². The number of para-hydroxylation sites is 1. The molecule has 0 bridgehead atoms. The van der Waals surface area contributed by atoms with E-state index in [9.17, 15) is 0 Å². The van der Waals surface area contributed by atoms with Crippen LogP contribution in [0.4, 0.5) is 0 Å². The molecule has 1 fully saturated rings. The van der Waals surface area contributed by atoms with E-state index in [2.05, 4.69) is 40.8 Å². The van der Waals surface area contributed by atoms with Gasteiger partial charge in [-0.05, 0) is 18.1 Å². The van der Waals surface area contributed by atoms with Crippen molar-refractivity contribution in [2.45, 2.75) is 12.5 Å². The van der Waals surface area contributed by atoms with Crippen LogP contribution in [0.2, 0.25) is 0 Å². The first-order chi connectivity index (χ1) is 6.43. The molecule has 1 aromatic heterocycles. The van der Waals surface area contributed by atoms with Gasteiger partial charge in [0, 0.05) is 29.7 Å². The molecule has 13 heavy (non-hydrogen) atoms. The number of hydrogen-bond donors (Lipinski definition) is 2. The van der Waals surface area contributed by atoms with Crippen LogP contribution in [0.5, 0.6) is 0 Å². The Balaban J connectivity index is 2.06. The smallest absolute Gasteiger partial charge is 0.0456 e. The third-order valence-corrected chi connectivity index (χ3v) is 2.63. The maximum atomic E-state index is 3.32. The van der Waals surface area contributed by atoms with Crippen molar-refractivity contribution < 1.29 is 0 Å². The molecule has 1 atom stereocenters. The number of fused-ring (bicyclic) bond motifs is 1. The van der Waals surface area contributed by atoms with E-state index in [4.69, 9.17) is 0 Å². The number of rotatable bonds is 2. The van der Waals surface area contributed by atoms with Crippen LogP contribution >= 0.6 is 0 Å². The van der Waals surface area contributed by atoms with Gasteiger partial charge >= 0.3 is 0 Å². The van der Waals surface area contributed by atoms with Crippen molar-refractivity contribution in [3.63, 3.8) is 0 Å². The average molecular weight is 172 g/mol. The molecule has 1 aliphatic heterocycles. The second-order valence-electron chi connectivity index (χ2n) is 3.67. The van der Waals surface area contributed by atoms with Crippen molar-refractivity contribution in [2.24, 2.45) is 0 Å². The van der Waals surface area contributed by atoms with Crippen molar-refractivity contribution in [2.75, 3.05) is 6.54 Å². The second-order valence-corrected chi connectivity index (χ2v) is 3.67. The van der Waals surface area contributed by atoms with Crippen molar-refractivity contribution in [1.82, 2.24) is 10.3 Å². The van der Waals surface area contributed by atoms with Crippen LogP contribution in [0.3, 0.4) is 0 Å². The molecule has 1 aliphatic rings. The summed E-state index contributed by atoms with van der Waals surface area (Å²) >= 11 is 0. The first kappa shape index (κ1) is 7.15. The van der Waals surface area contributed by atoms with Gasteiger partial charge in [-0.3, -0.25) is 0 Å². The standard InChI is InChI=1S/C11H12N2/c1-2-4-11-10(3-1)8(6-13-11)5-9-7-12-9/h1-4,6,9,12-13H,5,7H2. The predicted molar refractivity (Wildman–Crippen MR) is 53.8 cm³/mol. The molecule has 0 amide bonds. The molecular formula is C11H12N2. The summed E-state index contributed by atoms with van der Waals surface area (Å²) in [7, 11) is 0. The average Bonchev–Trinajstić information content (AvgIpc) is 2.88. The third-order valence-electron chi connectivity index (χ3n) is 2.63. The molecule has 1 saturated heterocycles. The van der Waals surface area contributed by atoms with E-state index in [1.165, 1.54) is 23.0 Å². The lowest BCUT2D eigenvalue weighted by Gasteiger charge is -1.94. The summed E-state index contributed by atoms with van der Waals surface area (Å²) < 4.78 is 0. The van der Waals surface area contributed by atoms with Gasteiger partial charge in [-0.1, -0.05) is 18.2 Å². The normalized spacial score (nSPS) is 20.8. The predicted octanol–water partition coefficient (Wildman–Crippen LogP) is 1.68. The van der Waals surface area contributed by atoms with E-state index in [0.29, 0.717) is 0 Å². The molecule has 66 valence electrons. The molecule has 2 heteroatoms. The van der Waals surface area contributed by atoms with Crippen LogP contribution < -0.4 is 5.32 Å². The highest BCUT2D eigenvalue weighted by Crippen LogP contribution is 2.20. The molecule has 1 aromatic carbocycles. The summed E-state index contributed by atoms with van der Waals surface area (Å²) in [5.74, 6) is 0. The molecule has 0 aliphatic carbocycles. The molecule has 0 spiro atoms. The fraction of sp³-hybridized carbons (Fsp3) is 0.273. The molecule has 2 aromatic rings. The van der Waals surface area contributed by atoms with Crippen molar-refractivity contribution in [3.8, 4) is 0 Å². The first-order valence-electron chi connectivity index (χ1n) is 4.72. The first-order valence-corrected chi connectivity index (χ1v) is 4.72. The Morgan fingerprint density at radius 1 is 1.31 bits per heavy atom. The molecule has 0 radical (unpaired) electrons. The van der Waals surface area contributed by atoms with Gasteiger partial charge in [-0.2, -0.15) is 0 Å². The summed E-state index contributed by atoms with van der Waals surface area (Å²) in [6.07, 6.45) is 3.29. The van der Waals surface area contributed by atoms with E-state index in [1.807, 2.05) is 0 Å². The Bertz CT molecular complexity index is 426. The Morgan fingerprint density at radius 2 is 2.15 bits per heavy atom. The quantitative estimate of drug-likeness (QED) is 0.664. The lowest BCUT2D eigenvalue weighted by Crippen LogP contribution is -1.94. The molecule has 2 nitrogen and oxygen atoms in total. The molecule has 0 saturated carbocycles. The van der Waals surface area contributed by atoms with Crippen LogP contribution in [-0.2, 0) is 6.42 Å². The minimum atomic E-state index is 0.721. The summed E-state index contributed by atoms with van der Waals surface area (Å²) in [6.45, 7) is 1.18. The highest BCUT2D eigenvalue weighted by molar-refractivity contribution is 5.83. The van der Waals surface area contributed by atoms with E-state index < -0.39 is 0 Å². The largest absolute Gasteiger partial charge is 0.361 e. The fourth-order valence-corrected chi connectivity index (χ4v) is 1.79. The highest BCUT2D eigenvalue weighted by Gasteiger charge is 2.21. The zero-order valence-electron chi connectivity index (χ0n) is 7.38. The lowest BCUT2D eigenvalue weighted by atomic mass is 10.1. The monoisotopic (exact) mass is 172 g/mol. The van der Waals surface area contributed by atoms with Crippen molar-refractivity contribution in [1.29, 1.82) is 0 Å². The van der Waals surface area contributed by atoms with E-state index in [-0.39, 0.29) is 0 Å². The maximum absolute atomic E-state index is 3.32. The van der Waals surface area contributed by atoms with Crippen LogP contribution in [0.15, 0.2) is 30.5 Å². The van der Waals surface area contributed by atoms with Gasteiger partial charge < -0.3 is 10.3 Å². The minimum absolute atomic E-state index is 0.721. The summed E-state index contributed by atoms with van der Waals surface area (Å²) in [6, 6.07) is 9.19. The van der Waals surface area contributed by atoms with Gasteiger partial charge in [-0.15, -0.1) is 0 Å². The zero-order valence-corrected chi connectivity index (χ0v) is 7.38. The molecule has 1 unspecified atom stereocenters. The maximum Gasteiger partial charge on any atom is 0.0456 e. The lowest BCUT2D eigenvalue weighted by molar-refractivity contribution is 0.937. The molecular weight excluding hydrogens is 160 g/mol. The third kappa shape index (κ3) is 1.23. The Hall–Kier alpha value is -1.28. The van der Waals surface area contributed by atoms with Gasteiger partial charge in [-0.25, -0.2) is 0 Å². The minimum Gasteiger partial charge on any atom is -0.361 e. The van der Waals surface area contributed by atoms with Gasteiger partial charge in [0.15, 0.2) is 0 Å². The fourth-order valence-electron chi connectivity index (χ4n) is 1.79. The summed E-state index contributed by atoms with van der Waals surface area (Å²) in [5, 5.41) is 4.69. The number of nitrogens with one attached hydrogen (secondary N) is 2. The highest BCUT2D eigenvalue weighted by atomic mass is 15.1. The second kappa shape index (κ2) is 2.60. The van der Waals surface area contributed by atoms with Gasteiger partial charge in [0.2, 0.25) is 0 Å². The van der Waals surface area contributed by atoms with Gasteiger partial charge in [0.05, 0.1) is 0 Å². The number of H-pyrrole nitrogens is 1. The van der Waals surface area contributed by atoms with Crippen molar-refractivity contribution >= 4 is 10.9 Å². The van der Waals surface area contributed by atoms with Gasteiger partial charge in [0.1, 0.15) is 0 Å². The van der Waals surface area contributed by atoms with Crippen LogP contribution in [0.25, 0.3) is 10.9 Å². The van der Waals surface area contributed by atoms with E-state index >= 15 is 0 Å². The number of hydrogen-bond acceptors (Lipinski definition) is 1. The Morgan fingerprint density at radius 3 is 3.00 bits per heavy atom. The topological polar surface area (TPSA) is 37.7 Å². The number of aromatic nitrogens is 1. The molecule has 2 N–H and O–H groups in total. The van der Waals surface area contributed by atoms with E-state index in [1.54, 1.807) is 0 Å². The summed E-state index contributed by atoms with van der Waals surface area (Å²) in [5.41, 5.74) is 2.68. The Labute approximate surface area is 77.0 Å². The SMILES string of the molecule is c1ccc2c(CC3CN3)c[nH]c2c1. The summed E-state index contributed by atoms with van der Waals surface area (Å²) in [4.78, 5) is 3.29. The Kier molecular flexibility index (Phi) is 1.43. The molecule has 3 rings (SSSR count). The van der Waals surface area contributed by atoms with Crippen LogP contribution in [0, 0.1) is 0 Å². The van der Waals surface area contributed by atoms with E-state index in [0.717, 1.165) is 12.5 Å².